The molecular formula is C14H21N2OP. The molecule has 4 heteroatoms. The Morgan fingerprint density at radius 1 is 1.28 bits per heavy atom. The van der Waals surface area contributed by atoms with Gasteiger partial charge in [0, 0.05) is 6.42 Å². The van der Waals surface area contributed by atoms with E-state index in [0.717, 1.165) is 17.3 Å². The van der Waals surface area contributed by atoms with E-state index in [0.29, 0.717) is 26.4 Å². The maximum Gasteiger partial charge on any atom is 0.252 e. The van der Waals surface area contributed by atoms with Crippen molar-refractivity contribution >= 4 is 14.1 Å². The normalized spacial score (nSPS) is 11.4. The van der Waals surface area contributed by atoms with Crippen molar-refractivity contribution in [3.05, 3.63) is 21.7 Å². The molecule has 98 valence electrons. The molecule has 1 heterocycles. The van der Waals surface area contributed by atoms with Crippen molar-refractivity contribution in [1.82, 2.24) is 0 Å². The van der Waals surface area contributed by atoms with Crippen LogP contribution in [-0.4, -0.2) is 5.91 Å². The first-order valence-electron chi connectivity index (χ1n) is 6.31. The molecule has 1 rings (SSSR count). The molecule has 1 amide bonds. The Labute approximate surface area is 110 Å². The molecule has 0 radical (unpaired) electrons. The smallest absolute Gasteiger partial charge is 0.252 e. The van der Waals surface area contributed by atoms with E-state index in [1.807, 2.05) is 0 Å². The van der Waals surface area contributed by atoms with Crippen LogP contribution in [0.4, 0.5) is 0 Å². The predicted molar refractivity (Wildman–Crippen MR) is 76.6 cm³/mol. The summed E-state index contributed by atoms with van der Waals surface area (Å²) in [4.78, 5) is 11.6. The largest absolute Gasteiger partial charge is 0.365 e. The van der Waals surface area contributed by atoms with Gasteiger partial charge < -0.3 is 5.73 Å². The van der Waals surface area contributed by atoms with Gasteiger partial charge in [-0.15, -0.1) is 8.19 Å². The highest BCUT2D eigenvalue weighted by Gasteiger charge is 2.23. The Morgan fingerprint density at radius 2 is 1.83 bits per heavy atom. The summed E-state index contributed by atoms with van der Waals surface area (Å²) in [6, 6.07) is 2.18. The molecule has 1 aromatic rings. The van der Waals surface area contributed by atoms with Gasteiger partial charge >= 0.3 is 0 Å². The van der Waals surface area contributed by atoms with Crippen molar-refractivity contribution in [2.24, 2.45) is 5.73 Å². The van der Waals surface area contributed by atoms with E-state index in [2.05, 4.69) is 33.8 Å². The molecule has 1 atom stereocenters. The molecule has 0 aromatic carbocycles. The summed E-state index contributed by atoms with van der Waals surface area (Å²) in [7, 11) is 0.361. The van der Waals surface area contributed by atoms with Gasteiger partial charge in [-0.1, -0.05) is 27.7 Å². The van der Waals surface area contributed by atoms with Crippen LogP contribution in [0.2, 0.25) is 0 Å². The van der Waals surface area contributed by atoms with Gasteiger partial charge in [-0.05, 0) is 34.7 Å². The van der Waals surface area contributed by atoms with E-state index in [4.69, 9.17) is 11.0 Å². The van der Waals surface area contributed by atoms with Crippen molar-refractivity contribution in [2.45, 2.75) is 52.4 Å². The van der Waals surface area contributed by atoms with Gasteiger partial charge in [-0.2, -0.15) is 5.26 Å². The standard InChI is InChI=1S/C14H21N2OP/c1-8(2)11-10(6-5-7-15)18-13(14(16)17)12(11)9(3)4/h8-9,18H,5-6H2,1-4H3,(H2,16,17). The Balaban J connectivity index is 3.39. The maximum atomic E-state index is 11.6. The first kappa shape index (κ1) is 14.8. The number of carbonyl (C=O) groups excluding carboxylic acids is 1. The van der Waals surface area contributed by atoms with Gasteiger partial charge in [0.1, 0.15) is 0 Å². The lowest BCUT2D eigenvalue weighted by Crippen LogP contribution is -2.12. The highest BCUT2D eigenvalue weighted by molar-refractivity contribution is 7.33. The van der Waals surface area contributed by atoms with Crippen LogP contribution in [0, 0.1) is 11.3 Å². The molecule has 0 spiro atoms. The topological polar surface area (TPSA) is 66.9 Å². The van der Waals surface area contributed by atoms with Gasteiger partial charge in [0.2, 0.25) is 0 Å². The first-order valence-corrected chi connectivity index (χ1v) is 7.31. The van der Waals surface area contributed by atoms with Crippen molar-refractivity contribution in [3.63, 3.8) is 0 Å². The monoisotopic (exact) mass is 264 g/mol. The zero-order valence-electron chi connectivity index (χ0n) is 11.5. The highest BCUT2D eigenvalue weighted by atomic mass is 31.0. The summed E-state index contributed by atoms with van der Waals surface area (Å²) >= 11 is 0. The van der Waals surface area contributed by atoms with E-state index in [1.165, 1.54) is 10.9 Å². The van der Waals surface area contributed by atoms with Crippen molar-refractivity contribution < 1.29 is 4.79 Å². The fourth-order valence-corrected chi connectivity index (χ4v) is 4.21. The van der Waals surface area contributed by atoms with Gasteiger partial charge in [0.15, 0.2) is 0 Å². The number of hydrogen-bond donors (Lipinski definition) is 1. The third kappa shape index (κ3) is 2.94. The number of nitriles is 1. The molecule has 0 saturated heterocycles. The molecule has 0 aliphatic carbocycles. The third-order valence-electron chi connectivity index (χ3n) is 3.05. The number of aryl methyl sites for hydroxylation is 1. The van der Waals surface area contributed by atoms with E-state index >= 15 is 0 Å². The zero-order valence-corrected chi connectivity index (χ0v) is 12.5. The Kier molecular flexibility index (Phi) is 4.99. The molecule has 0 fully saturated rings. The fraction of sp³-hybridized carbons (Fsp3) is 0.571. The van der Waals surface area contributed by atoms with Crippen LogP contribution in [-0.2, 0) is 6.42 Å². The number of amides is 1. The summed E-state index contributed by atoms with van der Waals surface area (Å²) in [5.41, 5.74) is 7.90. The molecule has 0 bridgehead atoms. The quantitative estimate of drug-likeness (QED) is 0.884. The molecule has 3 nitrogen and oxygen atoms in total. The maximum absolute atomic E-state index is 11.6. The molecule has 0 saturated carbocycles. The summed E-state index contributed by atoms with van der Waals surface area (Å²) in [5.74, 6) is 0.375. The molecular weight excluding hydrogens is 243 g/mol. The lowest BCUT2D eigenvalue weighted by atomic mass is 9.90. The summed E-state index contributed by atoms with van der Waals surface area (Å²) in [6.07, 6.45) is 1.27. The van der Waals surface area contributed by atoms with Crippen LogP contribution < -0.4 is 5.73 Å². The number of nitrogens with two attached hydrogens (primary N) is 1. The number of primary amides is 1. The van der Waals surface area contributed by atoms with E-state index < -0.39 is 0 Å². The summed E-state index contributed by atoms with van der Waals surface area (Å²) in [6.45, 7) is 8.47. The first-order chi connectivity index (χ1) is 8.40. The molecule has 0 aliphatic heterocycles. The zero-order chi connectivity index (χ0) is 13.9. The second-order valence-electron chi connectivity index (χ2n) is 5.14. The van der Waals surface area contributed by atoms with Crippen molar-refractivity contribution in [1.29, 1.82) is 5.26 Å². The second kappa shape index (κ2) is 6.07. The summed E-state index contributed by atoms with van der Waals surface area (Å²) in [5, 5.41) is 10.8. The van der Waals surface area contributed by atoms with Crippen molar-refractivity contribution in [2.75, 3.05) is 0 Å². The third-order valence-corrected chi connectivity index (χ3v) is 4.64. The van der Waals surface area contributed by atoms with Crippen LogP contribution in [0.15, 0.2) is 0 Å². The van der Waals surface area contributed by atoms with E-state index in [9.17, 15) is 4.79 Å². The van der Waals surface area contributed by atoms with Gasteiger partial charge in [-0.3, -0.25) is 4.79 Å². The lowest BCUT2D eigenvalue weighted by molar-refractivity contribution is 0.100. The van der Waals surface area contributed by atoms with Crippen LogP contribution in [0.1, 0.15) is 72.5 Å². The molecule has 2 N–H and O–H groups in total. The van der Waals surface area contributed by atoms with E-state index in [1.54, 1.807) is 0 Å². The SMILES string of the molecule is CC(C)c1c(CCC#N)[pH]c(C(N)=O)c1C(C)C. The lowest BCUT2D eigenvalue weighted by Gasteiger charge is -2.14. The minimum Gasteiger partial charge on any atom is -0.365 e. The van der Waals surface area contributed by atoms with Crippen LogP contribution in [0.25, 0.3) is 0 Å². The molecule has 1 unspecified atom stereocenters. The minimum atomic E-state index is -0.304. The number of hydrogen-bond acceptors (Lipinski definition) is 2. The van der Waals surface area contributed by atoms with Crippen LogP contribution in [0.5, 0.6) is 0 Å². The molecule has 18 heavy (non-hydrogen) atoms. The minimum absolute atomic E-state index is 0.303. The fourth-order valence-electron chi connectivity index (χ4n) is 2.41. The number of carbonyl (C=O) groups is 1. The number of nitrogens with zero attached hydrogens (tertiary/aromatic N) is 1. The molecule has 1 aromatic heterocycles. The van der Waals surface area contributed by atoms with Gasteiger partial charge in [-0.25, -0.2) is 0 Å². The van der Waals surface area contributed by atoms with Crippen LogP contribution >= 0.6 is 8.19 Å². The highest BCUT2D eigenvalue weighted by Crippen LogP contribution is 2.41. The molecule has 0 aliphatic rings. The van der Waals surface area contributed by atoms with Gasteiger partial charge in [0.05, 0.1) is 11.4 Å². The second-order valence-corrected chi connectivity index (χ2v) is 6.49. The van der Waals surface area contributed by atoms with Gasteiger partial charge in [0.25, 0.3) is 5.91 Å². The number of rotatable bonds is 5. The Bertz CT molecular complexity index is 481. The van der Waals surface area contributed by atoms with Crippen molar-refractivity contribution in [3.8, 4) is 6.07 Å². The predicted octanol–water partition coefficient (Wildman–Crippen LogP) is 3.52. The average Bonchev–Trinajstić information content (AvgIpc) is 2.65. The van der Waals surface area contributed by atoms with E-state index in [-0.39, 0.29) is 5.91 Å². The van der Waals surface area contributed by atoms with Crippen LogP contribution in [0.3, 0.4) is 0 Å². The summed E-state index contributed by atoms with van der Waals surface area (Å²) < 4.78 is 0. The Morgan fingerprint density at radius 3 is 2.22 bits per heavy atom. The average molecular weight is 264 g/mol. The Hall–Kier alpha value is -1.26.